The molecular formula is C19H23NO2. The van der Waals surface area contributed by atoms with Gasteiger partial charge < -0.3 is 15.2 Å². The van der Waals surface area contributed by atoms with E-state index in [1.165, 1.54) is 0 Å². The summed E-state index contributed by atoms with van der Waals surface area (Å²) in [6.07, 6.45) is 2.04. The number of nitrogens with two attached hydrogens (primary N) is 1. The molecule has 0 aromatic heterocycles. The van der Waals surface area contributed by atoms with Crippen molar-refractivity contribution in [3.8, 4) is 5.75 Å². The molecule has 3 nitrogen and oxygen atoms in total. The molecule has 0 bridgehead atoms. The lowest BCUT2D eigenvalue weighted by Crippen LogP contribution is -2.48. The predicted octanol–water partition coefficient (Wildman–Crippen LogP) is 3.62. The molecule has 1 aliphatic heterocycles. The van der Waals surface area contributed by atoms with Crippen LogP contribution in [0.5, 0.6) is 5.75 Å². The molecule has 1 aliphatic rings. The van der Waals surface area contributed by atoms with Crippen molar-refractivity contribution in [3.63, 3.8) is 0 Å². The van der Waals surface area contributed by atoms with Crippen molar-refractivity contribution >= 4 is 0 Å². The van der Waals surface area contributed by atoms with E-state index in [0.717, 1.165) is 36.3 Å². The van der Waals surface area contributed by atoms with Gasteiger partial charge in [-0.1, -0.05) is 42.5 Å². The van der Waals surface area contributed by atoms with Gasteiger partial charge in [-0.3, -0.25) is 0 Å². The molecule has 2 unspecified atom stereocenters. The Hall–Kier alpha value is -1.84. The molecule has 2 aromatic carbocycles. The fourth-order valence-electron chi connectivity index (χ4n) is 2.89. The normalized spacial score (nSPS) is 24.9. The summed E-state index contributed by atoms with van der Waals surface area (Å²) in [4.78, 5) is 0. The summed E-state index contributed by atoms with van der Waals surface area (Å²) in [5, 5.41) is 0. The Morgan fingerprint density at radius 2 is 1.86 bits per heavy atom. The summed E-state index contributed by atoms with van der Waals surface area (Å²) in [7, 11) is 0. The van der Waals surface area contributed by atoms with E-state index in [2.05, 4.69) is 31.2 Å². The highest BCUT2D eigenvalue weighted by molar-refractivity contribution is 5.32. The molecule has 0 saturated carbocycles. The van der Waals surface area contributed by atoms with Crippen LogP contribution in [0.2, 0.25) is 0 Å². The summed E-state index contributed by atoms with van der Waals surface area (Å²) >= 11 is 0. The summed E-state index contributed by atoms with van der Waals surface area (Å²) in [5.74, 6) is 0.862. The molecule has 2 aromatic rings. The summed E-state index contributed by atoms with van der Waals surface area (Å²) in [6.45, 7) is 3.43. The molecule has 116 valence electrons. The molecule has 0 spiro atoms. The van der Waals surface area contributed by atoms with Gasteiger partial charge in [0.2, 0.25) is 0 Å². The van der Waals surface area contributed by atoms with Gasteiger partial charge in [0.05, 0.1) is 0 Å². The molecule has 22 heavy (non-hydrogen) atoms. The van der Waals surface area contributed by atoms with E-state index >= 15 is 0 Å². The SMILES string of the molecule is CC1(c2ccc(OCc3ccccc3)cc2)OCCCC1N. The molecule has 0 radical (unpaired) electrons. The number of benzene rings is 2. The summed E-state index contributed by atoms with van der Waals surface area (Å²) in [6, 6.07) is 18.3. The second-order valence-electron chi connectivity index (χ2n) is 6.00. The Kier molecular flexibility index (Phi) is 4.46. The van der Waals surface area contributed by atoms with Crippen molar-refractivity contribution in [2.45, 2.75) is 38.0 Å². The molecule has 2 N–H and O–H groups in total. The first-order valence-corrected chi connectivity index (χ1v) is 7.85. The van der Waals surface area contributed by atoms with E-state index in [-0.39, 0.29) is 6.04 Å². The highest BCUT2D eigenvalue weighted by Crippen LogP contribution is 2.34. The summed E-state index contributed by atoms with van der Waals surface area (Å²) in [5.41, 5.74) is 8.15. The van der Waals surface area contributed by atoms with Gasteiger partial charge in [-0.2, -0.15) is 0 Å². The second kappa shape index (κ2) is 6.51. The van der Waals surface area contributed by atoms with Crippen molar-refractivity contribution in [2.75, 3.05) is 6.61 Å². The zero-order valence-electron chi connectivity index (χ0n) is 13.0. The van der Waals surface area contributed by atoms with E-state index < -0.39 is 5.60 Å². The topological polar surface area (TPSA) is 44.5 Å². The minimum absolute atomic E-state index is 0.0392. The van der Waals surface area contributed by atoms with Crippen LogP contribution < -0.4 is 10.5 Å². The van der Waals surface area contributed by atoms with Crippen molar-refractivity contribution in [1.29, 1.82) is 0 Å². The Bertz CT molecular complexity index is 597. The predicted molar refractivity (Wildman–Crippen MR) is 87.7 cm³/mol. The minimum Gasteiger partial charge on any atom is -0.489 e. The number of ether oxygens (including phenoxy) is 2. The zero-order chi connectivity index (χ0) is 15.4. The van der Waals surface area contributed by atoms with Crippen LogP contribution in [0.15, 0.2) is 54.6 Å². The lowest BCUT2D eigenvalue weighted by atomic mass is 9.84. The first-order valence-electron chi connectivity index (χ1n) is 7.85. The Labute approximate surface area is 132 Å². The third-order valence-corrected chi connectivity index (χ3v) is 4.44. The van der Waals surface area contributed by atoms with Crippen LogP contribution in [0.3, 0.4) is 0 Å². The molecule has 1 saturated heterocycles. The number of hydrogen-bond acceptors (Lipinski definition) is 3. The first kappa shape index (κ1) is 15.1. The smallest absolute Gasteiger partial charge is 0.119 e. The lowest BCUT2D eigenvalue weighted by molar-refractivity contribution is -0.0843. The van der Waals surface area contributed by atoms with Crippen LogP contribution in [0, 0.1) is 0 Å². The first-order chi connectivity index (χ1) is 10.7. The molecule has 0 amide bonds. The molecule has 3 heteroatoms. The van der Waals surface area contributed by atoms with Gasteiger partial charge in [0, 0.05) is 12.6 Å². The highest BCUT2D eigenvalue weighted by Gasteiger charge is 2.37. The van der Waals surface area contributed by atoms with Crippen molar-refractivity contribution in [3.05, 3.63) is 65.7 Å². The van der Waals surface area contributed by atoms with E-state index in [9.17, 15) is 0 Å². The van der Waals surface area contributed by atoms with Crippen LogP contribution in [0.4, 0.5) is 0 Å². The third-order valence-electron chi connectivity index (χ3n) is 4.44. The molecule has 3 rings (SSSR count). The van der Waals surface area contributed by atoms with Crippen LogP contribution in [-0.4, -0.2) is 12.6 Å². The molecule has 1 fully saturated rings. The monoisotopic (exact) mass is 297 g/mol. The van der Waals surface area contributed by atoms with Crippen LogP contribution in [-0.2, 0) is 16.9 Å². The van der Waals surface area contributed by atoms with Crippen LogP contribution in [0.25, 0.3) is 0 Å². The lowest BCUT2D eigenvalue weighted by Gasteiger charge is -2.39. The van der Waals surface area contributed by atoms with Gasteiger partial charge in [-0.05, 0) is 43.0 Å². The zero-order valence-corrected chi connectivity index (χ0v) is 13.0. The number of hydrogen-bond donors (Lipinski definition) is 1. The maximum absolute atomic E-state index is 6.26. The third kappa shape index (κ3) is 3.16. The van der Waals surface area contributed by atoms with Crippen molar-refractivity contribution in [2.24, 2.45) is 5.73 Å². The average molecular weight is 297 g/mol. The van der Waals surface area contributed by atoms with Gasteiger partial charge >= 0.3 is 0 Å². The quantitative estimate of drug-likeness (QED) is 0.937. The maximum Gasteiger partial charge on any atom is 0.119 e. The van der Waals surface area contributed by atoms with Crippen LogP contribution in [0.1, 0.15) is 30.9 Å². The van der Waals surface area contributed by atoms with E-state index in [1.54, 1.807) is 0 Å². The van der Waals surface area contributed by atoms with Gasteiger partial charge in [0.1, 0.15) is 18.0 Å². The molecular weight excluding hydrogens is 274 g/mol. The fourth-order valence-corrected chi connectivity index (χ4v) is 2.89. The average Bonchev–Trinajstić information content (AvgIpc) is 2.57. The van der Waals surface area contributed by atoms with E-state index in [4.69, 9.17) is 15.2 Å². The largest absolute Gasteiger partial charge is 0.489 e. The maximum atomic E-state index is 6.26. The fraction of sp³-hybridized carbons (Fsp3) is 0.368. The Morgan fingerprint density at radius 3 is 2.55 bits per heavy atom. The van der Waals surface area contributed by atoms with Gasteiger partial charge in [0.25, 0.3) is 0 Å². The molecule has 1 heterocycles. The van der Waals surface area contributed by atoms with Crippen molar-refractivity contribution < 1.29 is 9.47 Å². The summed E-state index contributed by atoms with van der Waals surface area (Å²) < 4.78 is 11.8. The molecule has 0 aliphatic carbocycles. The standard InChI is InChI=1S/C19H23NO2/c1-19(18(20)8-5-13-22-19)16-9-11-17(12-10-16)21-14-15-6-3-2-4-7-15/h2-4,6-7,9-12,18H,5,8,13-14,20H2,1H3. The van der Waals surface area contributed by atoms with Gasteiger partial charge in [-0.25, -0.2) is 0 Å². The van der Waals surface area contributed by atoms with Gasteiger partial charge in [0.15, 0.2) is 0 Å². The second-order valence-corrected chi connectivity index (χ2v) is 6.00. The van der Waals surface area contributed by atoms with Crippen LogP contribution >= 0.6 is 0 Å². The van der Waals surface area contributed by atoms with E-state index in [1.807, 2.05) is 30.3 Å². The number of rotatable bonds is 4. The molecule has 2 atom stereocenters. The Morgan fingerprint density at radius 1 is 1.14 bits per heavy atom. The highest BCUT2D eigenvalue weighted by atomic mass is 16.5. The van der Waals surface area contributed by atoms with Crippen molar-refractivity contribution in [1.82, 2.24) is 0 Å². The minimum atomic E-state index is -0.393. The Balaban J connectivity index is 1.67. The van der Waals surface area contributed by atoms with Gasteiger partial charge in [-0.15, -0.1) is 0 Å². The van der Waals surface area contributed by atoms with E-state index in [0.29, 0.717) is 6.61 Å².